The highest BCUT2D eigenvalue weighted by Gasteiger charge is 2.32. The van der Waals surface area contributed by atoms with E-state index in [1.807, 2.05) is 0 Å². The number of rotatable bonds is 11. The quantitative estimate of drug-likeness (QED) is 0.480. The summed E-state index contributed by atoms with van der Waals surface area (Å²) in [6, 6.07) is 1.80. The van der Waals surface area contributed by atoms with E-state index in [0.29, 0.717) is 24.0 Å². The van der Waals surface area contributed by atoms with Crippen LogP contribution in [0.4, 0.5) is 0 Å². The number of unbranched alkanes of at least 4 members (excludes halogenated alkanes) is 2. The number of ether oxygens (including phenoxy) is 3. The average Bonchev–Trinajstić information content (AvgIpc) is 2.68. The number of carbonyl (C=O) groups is 2. The van der Waals surface area contributed by atoms with Crippen molar-refractivity contribution in [3.63, 3.8) is 0 Å². The molecule has 0 heterocycles. The lowest BCUT2D eigenvalue weighted by molar-refractivity contribution is 0.0387. The molecule has 0 saturated carbocycles. The maximum absolute atomic E-state index is 12.6. The van der Waals surface area contributed by atoms with Crippen LogP contribution in [0.3, 0.4) is 0 Å². The summed E-state index contributed by atoms with van der Waals surface area (Å²) < 4.78 is 17.3. The summed E-state index contributed by atoms with van der Waals surface area (Å²) in [6.07, 6.45) is 7.36. The fraction of sp³-hybridized carbons (Fsp3) is 0.565. The molecular formula is C23H32O5. The van der Waals surface area contributed by atoms with Gasteiger partial charge in [0.2, 0.25) is 0 Å². The van der Waals surface area contributed by atoms with Crippen molar-refractivity contribution in [1.29, 1.82) is 0 Å². The SMILES string of the molecule is CCCCCOC(CCC(C)C)c1cc(OC)c2c(c1OC)C(=O)C=CC2=O. The number of methoxy groups -OCH3 is 2. The van der Waals surface area contributed by atoms with Crippen LogP contribution in [0.15, 0.2) is 18.2 Å². The molecule has 1 atom stereocenters. The van der Waals surface area contributed by atoms with Crippen LogP contribution in [0.25, 0.3) is 0 Å². The first-order chi connectivity index (χ1) is 13.4. The van der Waals surface area contributed by atoms with Crippen molar-refractivity contribution in [2.24, 2.45) is 5.92 Å². The van der Waals surface area contributed by atoms with Crippen LogP contribution in [0.2, 0.25) is 0 Å². The lowest BCUT2D eigenvalue weighted by Gasteiger charge is -2.25. The second-order valence-electron chi connectivity index (χ2n) is 7.55. The molecule has 1 aromatic carbocycles. The number of hydrogen-bond donors (Lipinski definition) is 0. The smallest absolute Gasteiger partial charge is 0.190 e. The van der Waals surface area contributed by atoms with E-state index in [0.717, 1.165) is 37.7 Å². The highest BCUT2D eigenvalue weighted by atomic mass is 16.5. The lowest BCUT2D eigenvalue weighted by Crippen LogP contribution is -2.18. The minimum atomic E-state index is -0.251. The Labute approximate surface area is 168 Å². The zero-order chi connectivity index (χ0) is 20.7. The molecule has 0 amide bonds. The topological polar surface area (TPSA) is 61.8 Å². The molecule has 5 heteroatoms. The summed E-state index contributed by atoms with van der Waals surface area (Å²) in [6.45, 7) is 7.15. The normalized spacial score (nSPS) is 14.4. The van der Waals surface area contributed by atoms with Crippen LogP contribution in [0.5, 0.6) is 11.5 Å². The van der Waals surface area contributed by atoms with E-state index >= 15 is 0 Å². The third kappa shape index (κ3) is 5.02. The van der Waals surface area contributed by atoms with E-state index in [1.54, 1.807) is 6.07 Å². The largest absolute Gasteiger partial charge is 0.496 e. The average molecular weight is 389 g/mol. The van der Waals surface area contributed by atoms with E-state index < -0.39 is 0 Å². The minimum Gasteiger partial charge on any atom is -0.496 e. The highest BCUT2D eigenvalue weighted by molar-refractivity contribution is 6.24. The first kappa shape index (κ1) is 22.2. The maximum Gasteiger partial charge on any atom is 0.190 e. The van der Waals surface area contributed by atoms with Gasteiger partial charge in [-0.05, 0) is 43.4 Å². The summed E-state index contributed by atoms with van der Waals surface area (Å²) in [5.41, 5.74) is 1.31. The molecule has 0 spiro atoms. The second kappa shape index (κ2) is 10.4. The molecule has 2 rings (SSSR count). The van der Waals surface area contributed by atoms with Gasteiger partial charge in [-0.25, -0.2) is 0 Å². The van der Waals surface area contributed by atoms with Crippen molar-refractivity contribution >= 4 is 11.6 Å². The van der Waals surface area contributed by atoms with Gasteiger partial charge in [-0.3, -0.25) is 9.59 Å². The Bertz CT molecular complexity index is 733. The highest BCUT2D eigenvalue weighted by Crippen LogP contribution is 2.42. The van der Waals surface area contributed by atoms with Crippen molar-refractivity contribution in [2.45, 2.75) is 59.0 Å². The Morgan fingerprint density at radius 3 is 2.18 bits per heavy atom. The number of ketones is 2. The van der Waals surface area contributed by atoms with Crippen molar-refractivity contribution in [1.82, 2.24) is 0 Å². The van der Waals surface area contributed by atoms with Crippen LogP contribution < -0.4 is 9.47 Å². The molecule has 0 N–H and O–H groups in total. The minimum absolute atomic E-state index is 0.220. The van der Waals surface area contributed by atoms with Gasteiger partial charge in [0.05, 0.1) is 31.5 Å². The zero-order valence-corrected chi connectivity index (χ0v) is 17.7. The lowest BCUT2D eigenvalue weighted by atomic mass is 9.88. The molecule has 154 valence electrons. The molecule has 0 saturated heterocycles. The fourth-order valence-corrected chi connectivity index (χ4v) is 3.47. The number of fused-ring (bicyclic) bond motifs is 1. The van der Waals surface area contributed by atoms with Crippen LogP contribution in [0, 0.1) is 5.92 Å². The standard InChI is InChI=1S/C23H32O5/c1-6-7-8-13-28-19(12-9-15(2)3)16-14-20(26-4)21-17(24)10-11-18(25)22(21)23(16)27-5/h10-11,14-15,19H,6-9,12-13H2,1-5H3. The zero-order valence-electron chi connectivity index (χ0n) is 17.7. The number of allylic oxidation sites excluding steroid dienone is 2. The van der Waals surface area contributed by atoms with Crippen LogP contribution in [-0.2, 0) is 4.74 Å². The molecule has 0 bridgehead atoms. The van der Waals surface area contributed by atoms with Crippen LogP contribution in [0.1, 0.15) is 85.3 Å². The Kier molecular flexibility index (Phi) is 8.24. The van der Waals surface area contributed by atoms with Gasteiger partial charge >= 0.3 is 0 Å². The van der Waals surface area contributed by atoms with E-state index in [2.05, 4.69) is 20.8 Å². The Morgan fingerprint density at radius 2 is 1.61 bits per heavy atom. The first-order valence-corrected chi connectivity index (χ1v) is 10.1. The Hall–Kier alpha value is -2.14. The van der Waals surface area contributed by atoms with E-state index in [1.165, 1.54) is 26.4 Å². The predicted octanol–water partition coefficient (Wildman–Crippen LogP) is 5.32. The summed E-state index contributed by atoms with van der Waals surface area (Å²) >= 11 is 0. The molecular weight excluding hydrogens is 356 g/mol. The molecule has 1 aromatic rings. The molecule has 28 heavy (non-hydrogen) atoms. The second-order valence-corrected chi connectivity index (χ2v) is 7.55. The van der Waals surface area contributed by atoms with Gasteiger partial charge in [-0.2, -0.15) is 0 Å². The van der Waals surface area contributed by atoms with Crippen molar-refractivity contribution < 1.29 is 23.8 Å². The Balaban J connectivity index is 2.50. The van der Waals surface area contributed by atoms with Gasteiger partial charge < -0.3 is 14.2 Å². The molecule has 1 aliphatic carbocycles. The van der Waals surface area contributed by atoms with E-state index in [4.69, 9.17) is 14.2 Å². The van der Waals surface area contributed by atoms with Gasteiger partial charge in [-0.15, -0.1) is 0 Å². The van der Waals surface area contributed by atoms with Crippen molar-refractivity contribution in [2.75, 3.05) is 20.8 Å². The van der Waals surface area contributed by atoms with Crippen LogP contribution >= 0.6 is 0 Å². The monoisotopic (exact) mass is 388 g/mol. The molecule has 0 aliphatic heterocycles. The van der Waals surface area contributed by atoms with Gasteiger partial charge in [-0.1, -0.05) is 33.6 Å². The van der Waals surface area contributed by atoms with Gasteiger partial charge in [0.15, 0.2) is 11.6 Å². The molecule has 5 nitrogen and oxygen atoms in total. The molecule has 1 aliphatic rings. The number of hydrogen-bond acceptors (Lipinski definition) is 5. The van der Waals surface area contributed by atoms with Gasteiger partial charge in [0, 0.05) is 12.2 Å². The van der Waals surface area contributed by atoms with Gasteiger partial charge in [0.25, 0.3) is 0 Å². The fourth-order valence-electron chi connectivity index (χ4n) is 3.47. The van der Waals surface area contributed by atoms with E-state index in [9.17, 15) is 9.59 Å². The summed E-state index contributed by atoms with van der Waals surface area (Å²) in [4.78, 5) is 25.0. The maximum atomic E-state index is 12.6. The van der Waals surface area contributed by atoms with Crippen molar-refractivity contribution in [3.8, 4) is 11.5 Å². The summed E-state index contributed by atoms with van der Waals surface area (Å²) in [5, 5.41) is 0. The van der Waals surface area contributed by atoms with E-state index in [-0.39, 0.29) is 28.8 Å². The Morgan fingerprint density at radius 1 is 0.929 bits per heavy atom. The predicted molar refractivity (Wildman–Crippen MR) is 110 cm³/mol. The number of benzene rings is 1. The van der Waals surface area contributed by atoms with Gasteiger partial charge in [0.1, 0.15) is 11.5 Å². The molecule has 1 unspecified atom stereocenters. The molecule has 0 fully saturated rings. The third-order valence-electron chi connectivity index (χ3n) is 5.00. The third-order valence-corrected chi connectivity index (χ3v) is 5.00. The first-order valence-electron chi connectivity index (χ1n) is 10.1. The van der Waals surface area contributed by atoms with Crippen molar-refractivity contribution in [3.05, 3.63) is 34.9 Å². The summed E-state index contributed by atoms with van der Waals surface area (Å²) in [5.74, 6) is 0.834. The number of carbonyl (C=O) groups excluding carboxylic acids is 2. The van der Waals surface area contributed by atoms with Crippen LogP contribution in [-0.4, -0.2) is 32.4 Å². The molecule has 0 radical (unpaired) electrons. The summed E-state index contributed by atoms with van der Waals surface area (Å²) in [7, 11) is 3.03. The molecule has 0 aromatic heterocycles.